The fourth-order valence-electron chi connectivity index (χ4n) is 4.83. The normalized spacial score (nSPS) is 14.4. The number of thioether (sulfide) groups is 1. The van der Waals surface area contributed by atoms with E-state index in [4.69, 9.17) is 6.42 Å². The van der Waals surface area contributed by atoms with Gasteiger partial charge in [0.25, 0.3) is 23.6 Å². The van der Waals surface area contributed by atoms with Crippen molar-refractivity contribution >= 4 is 57.0 Å². The van der Waals surface area contributed by atoms with E-state index in [9.17, 15) is 24.0 Å². The fraction of sp³-hybridized carbons (Fsp3) is 0.207. The monoisotopic (exact) mass is 510 g/mol. The van der Waals surface area contributed by atoms with Gasteiger partial charge in [0.2, 0.25) is 0 Å². The van der Waals surface area contributed by atoms with Gasteiger partial charge in [-0.25, -0.2) is 4.90 Å². The lowest BCUT2D eigenvalue weighted by Gasteiger charge is -2.32. The van der Waals surface area contributed by atoms with Crippen LogP contribution in [0.3, 0.4) is 0 Å². The zero-order valence-electron chi connectivity index (χ0n) is 20.1. The van der Waals surface area contributed by atoms with Crippen LogP contribution in [-0.2, 0) is 4.79 Å². The molecule has 2 aliphatic heterocycles. The molecule has 3 aromatic carbocycles. The van der Waals surface area contributed by atoms with E-state index in [0.717, 1.165) is 17.7 Å². The topological polar surface area (TPSA) is 91.8 Å². The number of hydrogen-bond acceptors (Lipinski definition) is 6. The summed E-state index contributed by atoms with van der Waals surface area (Å²) in [4.78, 5) is 66.9. The molecule has 0 saturated carbocycles. The Balaban J connectivity index is 1.47. The molecule has 184 valence electrons. The number of rotatable bonds is 7. The molecule has 0 bridgehead atoms. The Bertz CT molecular complexity index is 1480. The maximum atomic E-state index is 13.5. The third-order valence-electron chi connectivity index (χ3n) is 6.60. The smallest absolute Gasteiger partial charge is 0.265 e. The molecule has 4 amide bonds. The van der Waals surface area contributed by atoms with Gasteiger partial charge in [0.05, 0.1) is 5.69 Å². The highest BCUT2D eigenvalue weighted by Gasteiger charge is 2.39. The van der Waals surface area contributed by atoms with Gasteiger partial charge in [-0.15, -0.1) is 6.42 Å². The van der Waals surface area contributed by atoms with Gasteiger partial charge in [0.1, 0.15) is 0 Å². The van der Waals surface area contributed by atoms with E-state index >= 15 is 0 Å². The highest BCUT2D eigenvalue weighted by atomic mass is 32.2. The molecule has 2 aliphatic rings. The van der Waals surface area contributed by atoms with Crippen LogP contribution in [0.4, 0.5) is 5.69 Å². The first-order chi connectivity index (χ1) is 17.8. The summed E-state index contributed by atoms with van der Waals surface area (Å²) in [5.41, 5.74) is 2.12. The van der Waals surface area contributed by atoms with Crippen molar-refractivity contribution in [2.75, 3.05) is 17.2 Å². The van der Waals surface area contributed by atoms with Crippen molar-refractivity contribution in [3.63, 3.8) is 0 Å². The summed E-state index contributed by atoms with van der Waals surface area (Å²) in [7, 11) is 0. The lowest BCUT2D eigenvalue weighted by molar-refractivity contribution is -0.109. The number of carbonyl (C=O) groups excluding carboxylic acids is 5. The summed E-state index contributed by atoms with van der Waals surface area (Å²) in [6.07, 6.45) is 7.62. The maximum absolute atomic E-state index is 13.5. The summed E-state index contributed by atoms with van der Waals surface area (Å²) in [5, 5.41) is 0.757. The van der Waals surface area contributed by atoms with Gasteiger partial charge in [-0.3, -0.25) is 28.9 Å². The number of nitrogens with zero attached hydrogens (tertiary/aromatic N) is 2. The molecule has 3 aromatic rings. The van der Waals surface area contributed by atoms with Crippen molar-refractivity contribution in [2.24, 2.45) is 0 Å². The molecule has 0 spiro atoms. The summed E-state index contributed by atoms with van der Waals surface area (Å²) < 4.78 is 0. The second kappa shape index (κ2) is 9.68. The van der Waals surface area contributed by atoms with E-state index in [0.29, 0.717) is 45.3 Å². The summed E-state index contributed by atoms with van der Waals surface area (Å²) in [5.74, 6) is 1.28. The number of terminal acetylenes is 1. The molecule has 5 rings (SSSR count). The van der Waals surface area contributed by atoms with Gasteiger partial charge in [0.15, 0.2) is 5.12 Å². The van der Waals surface area contributed by atoms with E-state index in [1.165, 1.54) is 23.6 Å². The molecule has 0 saturated heterocycles. The van der Waals surface area contributed by atoms with Crippen molar-refractivity contribution in [1.29, 1.82) is 0 Å². The minimum absolute atomic E-state index is 0.0693. The van der Waals surface area contributed by atoms with E-state index in [2.05, 4.69) is 5.92 Å². The molecule has 0 aliphatic carbocycles. The zero-order chi connectivity index (χ0) is 26.3. The molecule has 0 atom stereocenters. The maximum Gasteiger partial charge on any atom is 0.265 e. The average molecular weight is 511 g/mol. The van der Waals surface area contributed by atoms with Crippen LogP contribution in [0.2, 0.25) is 0 Å². The Hall–Kier alpha value is -4.22. The molecule has 0 fully saturated rings. The Kier molecular flexibility index (Phi) is 6.40. The molecular formula is C29H22N2O5S. The molecule has 0 radical (unpaired) electrons. The molecule has 0 N–H and O–H groups in total. The van der Waals surface area contributed by atoms with Crippen molar-refractivity contribution in [3.8, 4) is 12.3 Å². The third-order valence-corrected chi connectivity index (χ3v) is 7.50. The van der Waals surface area contributed by atoms with Crippen LogP contribution in [0.25, 0.3) is 10.8 Å². The van der Waals surface area contributed by atoms with E-state index < -0.39 is 23.6 Å². The van der Waals surface area contributed by atoms with E-state index in [1.807, 2.05) is 0 Å². The summed E-state index contributed by atoms with van der Waals surface area (Å²) >= 11 is 1.26. The molecule has 2 heterocycles. The van der Waals surface area contributed by atoms with Gasteiger partial charge < -0.3 is 0 Å². The third kappa shape index (κ3) is 4.11. The van der Waals surface area contributed by atoms with E-state index in [1.54, 1.807) is 48.5 Å². The van der Waals surface area contributed by atoms with Crippen LogP contribution in [0.15, 0.2) is 48.5 Å². The van der Waals surface area contributed by atoms with E-state index in [-0.39, 0.29) is 22.8 Å². The van der Waals surface area contributed by atoms with Crippen LogP contribution in [0.5, 0.6) is 0 Å². The van der Waals surface area contributed by atoms with Crippen LogP contribution in [-0.4, -0.2) is 45.9 Å². The number of hydrogen-bond donors (Lipinski definition) is 0. The standard InChI is InChI=1S/C29H22N2O5S/c1-3-18-7-9-19(10-8-18)31-28(35)22-13-11-20-24-21(12-14-23(25(22)24)29(31)36)27(34)30(26(20)33)15-5-4-6-16-37-17(2)32/h1,7-14H,4-6,15-16H2,2H3. The minimum Gasteiger partial charge on any atom is -0.288 e. The Morgan fingerprint density at radius 3 is 1.76 bits per heavy atom. The molecule has 37 heavy (non-hydrogen) atoms. The number of carbonyl (C=O) groups is 5. The van der Waals surface area contributed by atoms with Crippen LogP contribution >= 0.6 is 11.8 Å². The number of imide groups is 2. The first-order valence-electron chi connectivity index (χ1n) is 11.9. The predicted octanol–water partition coefficient (Wildman–Crippen LogP) is 4.67. The van der Waals surface area contributed by atoms with Crippen LogP contribution in [0.1, 0.15) is 73.2 Å². The highest BCUT2D eigenvalue weighted by Crippen LogP contribution is 2.39. The average Bonchev–Trinajstić information content (AvgIpc) is 2.89. The number of amides is 4. The largest absolute Gasteiger partial charge is 0.288 e. The van der Waals surface area contributed by atoms with Crippen LogP contribution < -0.4 is 4.90 Å². The lowest BCUT2D eigenvalue weighted by Crippen LogP contribution is -2.43. The van der Waals surface area contributed by atoms with Gasteiger partial charge >= 0.3 is 0 Å². The number of anilines is 1. The number of benzene rings is 3. The predicted molar refractivity (Wildman–Crippen MR) is 142 cm³/mol. The minimum atomic E-state index is -0.527. The van der Waals surface area contributed by atoms with Gasteiger partial charge in [-0.05, 0) is 61.4 Å². The van der Waals surface area contributed by atoms with Gasteiger partial charge in [0, 0.05) is 57.8 Å². The Morgan fingerprint density at radius 2 is 1.27 bits per heavy atom. The second-order valence-corrected chi connectivity index (χ2v) is 10.1. The fourth-order valence-corrected chi connectivity index (χ4v) is 5.47. The van der Waals surface area contributed by atoms with Gasteiger partial charge in [-0.1, -0.05) is 24.1 Å². The zero-order valence-corrected chi connectivity index (χ0v) is 20.9. The first-order valence-corrected chi connectivity index (χ1v) is 12.9. The Morgan fingerprint density at radius 1 is 0.757 bits per heavy atom. The quantitative estimate of drug-likeness (QED) is 0.261. The number of unbranched alkanes of at least 4 members (excludes halogenated alkanes) is 2. The van der Waals surface area contributed by atoms with Crippen molar-refractivity contribution in [3.05, 3.63) is 76.3 Å². The highest BCUT2D eigenvalue weighted by molar-refractivity contribution is 8.13. The molecule has 0 aromatic heterocycles. The first kappa shape index (κ1) is 24.5. The lowest BCUT2D eigenvalue weighted by atomic mass is 9.85. The van der Waals surface area contributed by atoms with Crippen LogP contribution in [0, 0.1) is 12.3 Å². The molecule has 0 unspecified atom stereocenters. The van der Waals surface area contributed by atoms with Crippen molar-refractivity contribution < 1.29 is 24.0 Å². The second-order valence-electron chi connectivity index (χ2n) is 8.87. The summed E-state index contributed by atoms with van der Waals surface area (Å²) in [6, 6.07) is 12.7. The molecule has 8 heteroatoms. The summed E-state index contributed by atoms with van der Waals surface area (Å²) in [6.45, 7) is 1.78. The Labute approximate surface area is 217 Å². The molecular weight excluding hydrogens is 488 g/mol. The molecule has 7 nitrogen and oxygen atoms in total. The van der Waals surface area contributed by atoms with Crippen molar-refractivity contribution in [1.82, 2.24) is 4.90 Å². The van der Waals surface area contributed by atoms with Gasteiger partial charge in [-0.2, -0.15) is 0 Å². The SMILES string of the molecule is C#Cc1ccc(N2C(=O)c3ccc4c5c(ccc(c35)C2=O)C(=O)N(CCCCCSC(C)=O)C4=O)cc1. The van der Waals surface area contributed by atoms with Crippen molar-refractivity contribution in [2.45, 2.75) is 26.2 Å².